The summed E-state index contributed by atoms with van der Waals surface area (Å²) in [7, 11) is 0. The zero-order valence-corrected chi connectivity index (χ0v) is 5.54. The Balaban J connectivity index is 3.53. The smallest absolute Gasteiger partial charge is 0.284 e. The fourth-order valence-electron chi connectivity index (χ4n) is 0.170. The van der Waals surface area contributed by atoms with Crippen molar-refractivity contribution in [1.82, 2.24) is 0 Å². The molecule has 0 fully saturated rings. The van der Waals surface area contributed by atoms with E-state index in [0.717, 1.165) is 0 Å². The van der Waals surface area contributed by atoms with Crippen molar-refractivity contribution in [2.24, 2.45) is 0 Å². The van der Waals surface area contributed by atoms with Crippen LogP contribution in [0, 0.1) is 0 Å². The van der Waals surface area contributed by atoms with Gasteiger partial charge >= 0.3 is 5.92 Å². The van der Waals surface area contributed by atoms with Crippen LogP contribution in [0.15, 0.2) is 0 Å². The summed E-state index contributed by atoms with van der Waals surface area (Å²) in [6.45, 7) is 0. The lowest BCUT2D eigenvalue weighted by atomic mass is 10.3. The minimum absolute atomic E-state index is 0.120. The van der Waals surface area contributed by atoms with E-state index in [1.807, 2.05) is 0 Å². The first-order chi connectivity index (χ1) is 3.62. The molecule has 47 valence electrons. The average molecular weight is 186 g/mol. The topological polar surface area (TPSA) is 17.1 Å². The second-order valence-corrected chi connectivity index (χ2v) is 2.04. The Morgan fingerprint density at radius 1 is 1.62 bits per heavy atom. The van der Waals surface area contributed by atoms with E-state index in [4.69, 9.17) is 0 Å². The van der Waals surface area contributed by atoms with E-state index < -0.39 is 12.3 Å². The van der Waals surface area contributed by atoms with Crippen LogP contribution >= 0.6 is 15.9 Å². The lowest BCUT2D eigenvalue weighted by Gasteiger charge is -2.01. The van der Waals surface area contributed by atoms with E-state index in [1.54, 1.807) is 0 Å². The standard InChI is InChI=1S/C4H4BrF2O/c5-2-1-4(6,7)3-8/h1-2H2. The molecule has 0 aliphatic rings. The molecule has 0 saturated carbocycles. The summed E-state index contributed by atoms with van der Waals surface area (Å²) in [6, 6.07) is 0. The summed E-state index contributed by atoms with van der Waals surface area (Å²) in [4.78, 5) is 9.32. The molecule has 0 aliphatic heterocycles. The van der Waals surface area contributed by atoms with Gasteiger partial charge in [0.05, 0.1) is 0 Å². The molecule has 0 spiro atoms. The molecule has 0 unspecified atom stereocenters. The molecule has 8 heavy (non-hydrogen) atoms. The maximum Gasteiger partial charge on any atom is 0.313 e. The van der Waals surface area contributed by atoms with Crippen LogP contribution in [0.25, 0.3) is 0 Å². The van der Waals surface area contributed by atoms with Crippen molar-refractivity contribution in [3.63, 3.8) is 0 Å². The van der Waals surface area contributed by atoms with Crippen LogP contribution in [0.4, 0.5) is 8.78 Å². The summed E-state index contributed by atoms with van der Waals surface area (Å²) >= 11 is 2.77. The molecular formula is C4H4BrF2O. The molecule has 0 aliphatic carbocycles. The van der Waals surface area contributed by atoms with Crippen LogP contribution in [0.3, 0.4) is 0 Å². The maximum atomic E-state index is 11.7. The molecule has 0 aromatic heterocycles. The fraction of sp³-hybridized carbons (Fsp3) is 0.750. The summed E-state index contributed by atoms with van der Waals surface area (Å²) in [5.74, 6) is -3.26. The number of rotatable bonds is 3. The first kappa shape index (κ1) is 8.01. The predicted octanol–water partition coefficient (Wildman–Crippen LogP) is 1.52. The van der Waals surface area contributed by atoms with Crippen LogP contribution in [0.2, 0.25) is 0 Å². The third-order valence-corrected chi connectivity index (χ3v) is 0.954. The van der Waals surface area contributed by atoms with Crippen LogP contribution in [0.1, 0.15) is 6.42 Å². The highest BCUT2D eigenvalue weighted by molar-refractivity contribution is 9.09. The second-order valence-electron chi connectivity index (χ2n) is 1.25. The monoisotopic (exact) mass is 185 g/mol. The minimum Gasteiger partial charge on any atom is -0.284 e. The minimum atomic E-state index is -3.26. The van der Waals surface area contributed by atoms with Crippen LogP contribution in [-0.2, 0) is 4.79 Å². The van der Waals surface area contributed by atoms with Gasteiger partial charge in [-0.3, -0.25) is 4.79 Å². The quantitative estimate of drug-likeness (QED) is 0.610. The van der Waals surface area contributed by atoms with E-state index >= 15 is 0 Å². The maximum absolute atomic E-state index is 11.7. The number of hydrogen-bond acceptors (Lipinski definition) is 1. The van der Waals surface area contributed by atoms with Crippen molar-refractivity contribution in [2.45, 2.75) is 12.3 Å². The molecule has 0 amide bonds. The van der Waals surface area contributed by atoms with Gasteiger partial charge in [-0.05, 0) is 0 Å². The fourth-order valence-corrected chi connectivity index (χ4v) is 0.668. The highest BCUT2D eigenvalue weighted by Gasteiger charge is 2.27. The third-order valence-electron chi connectivity index (χ3n) is 0.558. The lowest BCUT2D eigenvalue weighted by Crippen LogP contribution is -2.17. The molecular weight excluding hydrogens is 182 g/mol. The van der Waals surface area contributed by atoms with Gasteiger partial charge in [-0.1, -0.05) is 15.9 Å². The molecule has 1 nitrogen and oxygen atoms in total. The SMILES string of the molecule is O=[C]C(F)(F)CCBr. The van der Waals surface area contributed by atoms with Crippen molar-refractivity contribution in [1.29, 1.82) is 0 Å². The van der Waals surface area contributed by atoms with Gasteiger partial charge in [0.15, 0.2) is 0 Å². The number of halogens is 3. The summed E-state index contributed by atoms with van der Waals surface area (Å²) in [6.07, 6.45) is 0.153. The molecule has 0 saturated heterocycles. The largest absolute Gasteiger partial charge is 0.313 e. The zero-order chi connectivity index (χ0) is 6.62. The molecule has 0 aromatic rings. The highest BCUT2D eigenvalue weighted by Crippen LogP contribution is 2.15. The van der Waals surface area contributed by atoms with Crippen molar-refractivity contribution in [2.75, 3.05) is 5.33 Å². The predicted molar refractivity (Wildman–Crippen MR) is 29.1 cm³/mol. The van der Waals surface area contributed by atoms with Crippen LogP contribution in [0.5, 0.6) is 0 Å². The molecule has 0 heterocycles. The Morgan fingerprint density at radius 2 is 2.12 bits per heavy atom. The Hall–Kier alpha value is 0.01000. The molecule has 1 radical (unpaired) electrons. The van der Waals surface area contributed by atoms with Crippen LogP contribution in [-0.4, -0.2) is 17.5 Å². The van der Waals surface area contributed by atoms with Gasteiger partial charge in [-0.2, -0.15) is 8.78 Å². The highest BCUT2D eigenvalue weighted by atomic mass is 79.9. The van der Waals surface area contributed by atoms with Crippen molar-refractivity contribution >= 4 is 22.2 Å². The van der Waals surface area contributed by atoms with Crippen molar-refractivity contribution in [3.8, 4) is 0 Å². The third kappa shape index (κ3) is 3.07. The Kier molecular flexibility index (Phi) is 3.12. The van der Waals surface area contributed by atoms with Gasteiger partial charge in [-0.25, -0.2) is 0 Å². The lowest BCUT2D eigenvalue weighted by molar-refractivity contribution is 0.0720. The van der Waals surface area contributed by atoms with Gasteiger partial charge < -0.3 is 0 Å². The summed E-state index contributed by atoms with van der Waals surface area (Å²) in [5.41, 5.74) is 0. The van der Waals surface area contributed by atoms with E-state index in [2.05, 4.69) is 15.9 Å². The van der Waals surface area contributed by atoms with E-state index in [1.165, 1.54) is 0 Å². The van der Waals surface area contributed by atoms with Gasteiger partial charge in [0.1, 0.15) is 0 Å². The van der Waals surface area contributed by atoms with Gasteiger partial charge in [-0.15, -0.1) is 0 Å². The molecule has 0 N–H and O–H groups in total. The van der Waals surface area contributed by atoms with E-state index in [0.29, 0.717) is 6.29 Å². The second kappa shape index (κ2) is 3.12. The van der Waals surface area contributed by atoms with E-state index in [9.17, 15) is 13.6 Å². The zero-order valence-electron chi connectivity index (χ0n) is 3.96. The summed E-state index contributed by atoms with van der Waals surface area (Å²) < 4.78 is 23.4. The van der Waals surface area contributed by atoms with Gasteiger partial charge in [0.2, 0.25) is 0 Å². The van der Waals surface area contributed by atoms with Crippen molar-refractivity contribution in [3.05, 3.63) is 0 Å². The van der Waals surface area contributed by atoms with Crippen LogP contribution < -0.4 is 0 Å². The Labute approximate surface area is 54.2 Å². The van der Waals surface area contributed by atoms with Crippen molar-refractivity contribution < 1.29 is 13.6 Å². The Morgan fingerprint density at radius 3 is 2.25 bits per heavy atom. The number of alkyl halides is 3. The van der Waals surface area contributed by atoms with Gasteiger partial charge in [0.25, 0.3) is 6.29 Å². The van der Waals surface area contributed by atoms with Gasteiger partial charge in [0, 0.05) is 11.8 Å². The number of hydrogen-bond donors (Lipinski definition) is 0. The average Bonchev–Trinajstić information content (AvgIpc) is 1.67. The Bertz CT molecular complexity index is 84.1. The normalized spacial score (nSPS) is 11.4. The first-order valence-corrected chi connectivity index (χ1v) is 3.07. The van der Waals surface area contributed by atoms with E-state index in [-0.39, 0.29) is 5.33 Å². The first-order valence-electron chi connectivity index (χ1n) is 1.95. The molecule has 0 atom stereocenters. The molecule has 0 bridgehead atoms. The molecule has 0 aromatic carbocycles. The summed E-state index contributed by atoms with van der Waals surface area (Å²) in [5, 5.41) is 0.120. The molecule has 4 heteroatoms. The number of carbonyl (C=O) groups excluding carboxylic acids is 1. The molecule has 0 rings (SSSR count).